The quantitative estimate of drug-likeness (QED) is 0.0153. The Bertz CT molecular complexity index is 2750. The van der Waals surface area contributed by atoms with E-state index in [-0.39, 0.29) is 92.2 Å². The number of amides is 3. The number of ketones is 2. The first-order valence-corrected chi connectivity index (χ1v) is 25.4. The zero-order chi connectivity index (χ0) is 52.8. The monoisotopic (exact) mass is 1060 g/mol. The van der Waals surface area contributed by atoms with Crippen molar-refractivity contribution in [2.75, 3.05) is 40.4 Å². The Morgan fingerprint density at radius 1 is 0.918 bits per heavy atom. The molecule has 23 heteroatoms. The summed E-state index contributed by atoms with van der Waals surface area (Å²) in [5, 5.41) is 7.03. The standard InChI is InChI=1S/C50H56BClN6O13S2/c1-29-54-36(27-72-29)41(55-71-49(5,6)45(62)69-48(2,3)4)38(60)24-35-43(61)56-28-50(46(63)70-51,73-44(35)56)57-22-23-58(47(57)64)53-21-9-10-37(59)34-19-20-39(67-25-30-11-15-32(65-7)16-12-30)42(40(34)52)68-26-31-13-17-33(66-8)18-14-31/h11-20,27,35,44,53H,9-10,21-26,28H2,1-8H3/b55-41-/t35?,44-,50-/m1/s1. The van der Waals surface area contributed by atoms with Crippen molar-refractivity contribution < 1.29 is 61.9 Å². The maximum Gasteiger partial charge on any atom is 0.378 e. The van der Waals surface area contributed by atoms with E-state index in [2.05, 4.69) is 15.6 Å². The fourth-order valence-corrected chi connectivity index (χ4v) is 10.7. The number of esters is 1. The summed E-state index contributed by atoms with van der Waals surface area (Å²) in [6.07, 6.45) is -0.0159. The predicted octanol–water partition coefficient (Wildman–Crippen LogP) is 6.84. The average molecular weight is 1060 g/mol. The minimum Gasteiger partial charge on any atom is -0.541 e. The molecule has 1 aromatic heterocycles. The first-order chi connectivity index (χ1) is 34.7. The number of carbonyl (C=O) groups excluding carboxylic acids is 6. The lowest BCUT2D eigenvalue weighted by atomic mass is 9.90. The highest BCUT2D eigenvalue weighted by atomic mass is 35.5. The van der Waals surface area contributed by atoms with Gasteiger partial charge in [0, 0.05) is 36.9 Å². The molecule has 0 bridgehead atoms. The number of carbonyl (C=O) groups is 6. The van der Waals surface area contributed by atoms with E-state index in [4.69, 9.17) is 52.8 Å². The summed E-state index contributed by atoms with van der Waals surface area (Å²) in [4.78, 5) is 92.9. The maximum absolute atomic E-state index is 14.0. The molecule has 0 saturated carbocycles. The van der Waals surface area contributed by atoms with Gasteiger partial charge in [-0.3, -0.25) is 29.1 Å². The zero-order valence-electron chi connectivity index (χ0n) is 41.7. The van der Waals surface area contributed by atoms with E-state index in [1.165, 1.54) is 40.0 Å². The Morgan fingerprint density at radius 3 is 2.15 bits per heavy atom. The molecule has 0 aliphatic carbocycles. The number of rotatable bonds is 23. The molecule has 1 unspecified atom stereocenters. The summed E-state index contributed by atoms with van der Waals surface area (Å²) in [5.41, 5.74) is 2.58. The number of urea groups is 1. The van der Waals surface area contributed by atoms with Gasteiger partial charge in [-0.1, -0.05) is 52.8 Å². The van der Waals surface area contributed by atoms with Crippen molar-refractivity contribution in [3.8, 4) is 23.0 Å². The van der Waals surface area contributed by atoms with Crippen LogP contribution in [0.5, 0.6) is 23.0 Å². The summed E-state index contributed by atoms with van der Waals surface area (Å²) in [7, 11) is 8.63. The van der Waals surface area contributed by atoms with Crippen molar-refractivity contribution in [1.82, 2.24) is 25.2 Å². The average Bonchev–Trinajstić information content (AvgIpc) is 4.08. The molecule has 386 valence electrons. The van der Waals surface area contributed by atoms with E-state index in [1.54, 1.807) is 59.4 Å². The van der Waals surface area contributed by atoms with Crippen LogP contribution in [0.4, 0.5) is 4.79 Å². The van der Waals surface area contributed by atoms with Crippen molar-refractivity contribution >= 4 is 83.9 Å². The number of nitrogens with zero attached hydrogens (tertiary/aromatic N) is 5. The number of hydrazine groups is 1. The molecule has 3 aliphatic heterocycles. The van der Waals surface area contributed by atoms with Crippen molar-refractivity contribution in [3.05, 3.63) is 98.5 Å². The number of aryl methyl sites for hydroxylation is 1. The van der Waals surface area contributed by atoms with Crippen molar-refractivity contribution in [3.63, 3.8) is 0 Å². The van der Waals surface area contributed by atoms with E-state index < -0.39 is 57.0 Å². The van der Waals surface area contributed by atoms with Crippen molar-refractivity contribution in [2.24, 2.45) is 11.1 Å². The first-order valence-electron chi connectivity index (χ1n) is 23.2. The smallest absolute Gasteiger partial charge is 0.378 e. The fourth-order valence-electron chi connectivity index (χ4n) is 8.01. The molecule has 3 fully saturated rings. The highest BCUT2D eigenvalue weighted by Crippen LogP contribution is 2.53. The van der Waals surface area contributed by atoms with Gasteiger partial charge in [0.1, 0.15) is 36.0 Å². The molecule has 19 nitrogen and oxygen atoms in total. The normalized spacial score (nSPS) is 18.8. The number of thiazole rings is 1. The van der Waals surface area contributed by atoms with E-state index >= 15 is 0 Å². The lowest BCUT2D eigenvalue weighted by Crippen LogP contribution is -2.60. The van der Waals surface area contributed by atoms with Crippen molar-refractivity contribution in [2.45, 2.75) is 95.5 Å². The van der Waals surface area contributed by atoms with Gasteiger partial charge in [-0.05, 0) is 95.5 Å². The van der Waals surface area contributed by atoms with Crippen LogP contribution in [0.2, 0.25) is 5.02 Å². The first kappa shape index (κ1) is 54.4. The number of fused-ring (bicyclic) bond motifs is 1. The second-order valence-electron chi connectivity index (χ2n) is 18.7. The summed E-state index contributed by atoms with van der Waals surface area (Å²) in [5.74, 6) is -1.96. The number of ether oxygens (including phenoxy) is 5. The number of oxime groups is 1. The molecule has 4 aromatic rings. The Balaban J connectivity index is 0.975. The molecular weight excluding hydrogens is 1000 g/mol. The summed E-state index contributed by atoms with van der Waals surface area (Å²) in [6.45, 7) is 10.2. The number of hydrogen-bond donors (Lipinski definition) is 1. The lowest BCUT2D eigenvalue weighted by Gasteiger charge is -2.40. The summed E-state index contributed by atoms with van der Waals surface area (Å²) in [6, 6.07) is 17.4. The van der Waals surface area contributed by atoms with Gasteiger partial charge in [0.15, 0.2) is 28.8 Å². The second kappa shape index (κ2) is 22.8. The van der Waals surface area contributed by atoms with Crippen LogP contribution in [0.25, 0.3) is 0 Å². The topological polar surface area (TPSA) is 214 Å². The predicted molar refractivity (Wildman–Crippen MR) is 272 cm³/mol. The number of benzene rings is 3. The minimum absolute atomic E-state index is 0.0444. The van der Waals surface area contributed by atoms with Crippen LogP contribution in [-0.2, 0) is 46.6 Å². The van der Waals surface area contributed by atoms with Crippen LogP contribution in [0.1, 0.15) is 86.1 Å². The molecule has 3 aromatic carbocycles. The molecular formula is C50H56BClN6O13S2. The molecule has 73 heavy (non-hydrogen) atoms. The molecule has 1 N–H and O–H groups in total. The van der Waals surface area contributed by atoms with Crippen LogP contribution in [0.3, 0.4) is 0 Å². The van der Waals surface area contributed by atoms with Gasteiger partial charge in [-0.25, -0.2) is 20.0 Å². The summed E-state index contributed by atoms with van der Waals surface area (Å²) >= 11 is 9.18. The molecule has 3 amide bonds. The molecule has 3 saturated heterocycles. The number of hydrogen-bond acceptors (Lipinski definition) is 18. The number of halogens is 1. The number of Topliss-reactive ketones (excluding diaryl/α,β-unsaturated/α-hetero) is 2. The number of β-lactam (4-membered cyclic amide) rings is 1. The zero-order valence-corrected chi connectivity index (χ0v) is 44.1. The van der Waals surface area contributed by atoms with Crippen LogP contribution in [-0.4, -0.2) is 131 Å². The van der Waals surface area contributed by atoms with E-state index in [1.807, 2.05) is 48.5 Å². The van der Waals surface area contributed by atoms with Gasteiger partial charge in [0.05, 0.1) is 48.6 Å². The number of aromatic nitrogens is 1. The molecule has 2 radical (unpaired) electrons. The van der Waals surface area contributed by atoms with Gasteiger partial charge in [-0.15, -0.1) is 11.3 Å². The third-order valence-electron chi connectivity index (χ3n) is 12.0. The highest BCUT2D eigenvalue weighted by Gasteiger charge is 2.66. The SMILES string of the molecule is [B]OC(=O)[C@@]1(N2CCN(NCCCC(=O)c3ccc(OCc4ccc(OC)cc4)c(OCc4ccc(OC)cc4)c3Cl)C2=O)CN2C(=O)C(CC(=O)/C(=N\OC(C)(C)C(=O)OC(C)(C)C)c3csc(C)n3)[C@H]2S1. The Labute approximate surface area is 437 Å². The Kier molecular flexibility index (Phi) is 17.0. The van der Waals surface area contributed by atoms with Gasteiger partial charge in [-0.2, -0.15) is 0 Å². The van der Waals surface area contributed by atoms with E-state index in [9.17, 15) is 28.8 Å². The van der Waals surface area contributed by atoms with Gasteiger partial charge >= 0.3 is 26.0 Å². The molecule has 3 aliphatic rings. The van der Waals surface area contributed by atoms with Gasteiger partial charge < -0.3 is 38.1 Å². The minimum atomic E-state index is -1.74. The molecule has 7 rings (SSSR count). The second-order valence-corrected chi connectivity index (χ2v) is 21.6. The number of thioether (sulfide) groups is 1. The number of methoxy groups -OCH3 is 2. The molecule has 0 spiro atoms. The Morgan fingerprint density at radius 2 is 1.56 bits per heavy atom. The van der Waals surface area contributed by atoms with E-state index in [0.29, 0.717) is 22.3 Å². The van der Waals surface area contributed by atoms with Crippen LogP contribution < -0.4 is 24.4 Å². The maximum atomic E-state index is 14.0. The fraction of sp³-hybridized carbons (Fsp3) is 0.440. The van der Waals surface area contributed by atoms with Crippen LogP contribution in [0, 0.1) is 12.8 Å². The summed E-state index contributed by atoms with van der Waals surface area (Å²) < 4.78 is 33.1. The third kappa shape index (κ3) is 12.4. The van der Waals surface area contributed by atoms with Crippen LogP contribution in [0.15, 0.2) is 71.2 Å². The Hall–Kier alpha value is -6.36. The third-order valence-corrected chi connectivity index (χ3v) is 14.8. The lowest BCUT2D eigenvalue weighted by molar-refractivity contribution is -0.179. The highest BCUT2D eigenvalue weighted by molar-refractivity contribution is 8.02. The van der Waals surface area contributed by atoms with Crippen LogP contribution >= 0.6 is 34.7 Å². The van der Waals surface area contributed by atoms with Gasteiger partial charge in [0.25, 0.3) is 0 Å². The molecule has 4 heterocycles. The number of nitrogens with one attached hydrogen (secondary N) is 1. The van der Waals surface area contributed by atoms with Gasteiger partial charge in [0.2, 0.25) is 16.4 Å². The molecule has 3 atom stereocenters. The largest absolute Gasteiger partial charge is 0.541 e. The van der Waals surface area contributed by atoms with E-state index in [0.717, 1.165) is 22.9 Å². The van der Waals surface area contributed by atoms with Crippen molar-refractivity contribution in [1.29, 1.82) is 0 Å².